The summed E-state index contributed by atoms with van der Waals surface area (Å²) in [6.45, 7) is 4.94. The molecule has 4 aliphatic rings. The van der Waals surface area contributed by atoms with Gasteiger partial charge in [-0.25, -0.2) is 5.26 Å². The fraction of sp³-hybridized carbons (Fsp3) is 0.500. The number of carbonyl (C=O) groups excluding carboxylic acids is 8. The quantitative estimate of drug-likeness (QED) is 0.0179. The van der Waals surface area contributed by atoms with Crippen LogP contribution in [0.2, 0.25) is 0 Å². The summed E-state index contributed by atoms with van der Waals surface area (Å²) in [5, 5.41) is 103. The number of ether oxygens (including phenoxy) is 2. The van der Waals surface area contributed by atoms with Gasteiger partial charge in [-0.1, -0.05) is 46.6 Å². The lowest BCUT2D eigenvalue weighted by atomic mass is 9.98. The van der Waals surface area contributed by atoms with Crippen molar-refractivity contribution in [3.05, 3.63) is 102 Å². The number of nitrogens with one attached hydrogen (secondary N) is 5. The third kappa shape index (κ3) is 19.2. The zero-order valence-electron chi connectivity index (χ0n) is 53.1. The molecule has 4 saturated heterocycles. The molecule has 8 amide bonds. The van der Waals surface area contributed by atoms with Crippen LogP contribution in [0, 0.1) is 5.92 Å². The van der Waals surface area contributed by atoms with Gasteiger partial charge in [0, 0.05) is 102 Å². The summed E-state index contributed by atoms with van der Waals surface area (Å²) in [5.74, 6) is -10.1. The van der Waals surface area contributed by atoms with Gasteiger partial charge < -0.3 is 101 Å². The largest absolute Gasteiger partial charge is 0.504 e. The molecule has 0 radical (unpaired) electrons. The SMILES string of the molecule is COCCCCCOc1ccc(-c2ccc(N3CCN(c4ccc(C(=O)N[C@H]5CC(O)CNC(=O)C6C(O)C(C)CN6C(=O)C(C(O)CC(N)=O)NC(=O)C(C(O)Cc6ccc(O)c(OSOOO)c6)NC(=O)C6CC(O)CN6C(=O)C(C(C)O)NC5=O)cc4)CC3)cc2)cc1. The van der Waals surface area contributed by atoms with Gasteiger partial charge in [0.2, 0.25) is 41.4 Å². The second-order valence-electron chi connectivity index (χ2n) is 24.3. The summed E-state index contributed by atoms with van der Waals surface area (Å²) < 4.78 is 20.3. The molecule has 13 atom stereocenters. The van der Waals surface area contributed by atoms with Crippen molar-refractivity contribution in [1.29, 1.82) is 0 Å². The lowest BCUT2D eigenvalue weighted by Gasteiger charge is -2.37. The summed E-state index contributed by atoms with van der Waals surface area (Å²) in [6, 6.07) is 14.8. The predicted molar refractivity (Wildman–Crippen MR) is 344 cm³/mol. The van der Waals surface area contributed by atoms with Crippen molar-refractivity contribution in [3.8, 4) is 28.4 Å². The zero-order chi connectivity index (χ0) is 69.3. The van der Waals surface area contributed by atoms with Crippen LogP contribution in [0.25, 0.3) is 11.1 Å². The van der Waals surface area contributed by atoms with Crippen LogP contribution < -0.4 is 51.0 Å². The number of fused-ring (bicyclic) bond motifs is 2. The number of piperazine rings is 1. The predicted octanol–water partition coefficient (Wildman–Crippen LogP) is -1.23. The highest BCUT2D eigenvalue weighted by atomic mass is 32.2. The van der Waals surface area contributed by atoms with Gasteiger partial charge in [-0.05, 0) is 104 Å². The van der Waals surface area contributed by atoms with E-state index in [1.54, 1.807) is 19.2 Å². The first-order chi connectivity index (χ1) is 45.9. The highest BCUT2D eigenvalue weighted by Crippen LogP contribution is 2.33. The molecule has 0 aromatic heterocycles. The molecule has 15 N–H and O–H groups in total. The van der Waals surface area contributed by atoms with E-state index in [1.807, 2.05) is 24.3 Å². The average molecular weight is 1360 g/mol. The van der Waals surface area contributed by atoms with Crippen LogP contribution in [0.15, 0.2) is 91.0 Å². The van der Waals surface area contributed by atoms with E-state index in [4.69, 9.17) is 24.6 Å². The molecule has 0 aliphatic carbocycles. The van der Waals surface area contributed by atoms with Crippen molar-refractivity contribution in [2.75, 3.05) is 75.9 Å². The normalized spacial score (nSPS) is 25.1. The number of primary amides is 1. The van der Waals surface area contributed by atoms with E-state index in [9.17, 15) is 74.1 Å². The minimum absolute atomic E-state index is 0.0603. The molecule has 522 valence electrons. The molecule has 12 unspecified atom stereocenters. The van der Waals surface area contributed by atoms with E-state index in [-0.39, 0.29) is 29.2 Å². The van der Waals surface area contributed by atoms with E-state index >= 15 is 0 Å². The molecule has 0 bridgehead atoms. The number of phenols is 1. The number of nitrogens with two attached hydrogens (primary N) is 1. The molecule has 4 aromatic rings. The molecule has 4 heterocycles. The number of rotatable bonds is 23. The third-order valence-corrected chi connectivity index (χ3v) is 17.6. The van der Waals surface area contributed by atoms with Gasteiger partial charge in [-0.2, -0.15) is 0 Å². The molecule has 0 saturated carbocycles. The van der Waals surface area contributed by atoms with Crippen molar-refractivity contribution < 1.29 is 102 Å². The Hall–Kier alpha value is -8.41. The number of unbranched alkanes of at least 4 members (excludes halogenated alkanes) is 2. The Morgan fingerprint density at radius 1 is 0.698 bits per heavy atom. The standard InChI is InChI=1S/C64H84N10O21S/c1-35-33-74-56(57(35)82)62(87)66-32-43(76)29-46(67-58(83)40-10-16-42(17-11-40)72-23-21-71(22-24-72)41-14-8-38(9-15-41)39-12-18-45(19-13-39)92-26-6-4-5-25-91-3)59(84)68-53(36(2)75)63(88)73-34-44(77)30-47(73)60(85)69-54(61(86)70-55(64(74)89)50(80)31-52(65)81)49(79)27-37-7-20-48(78)51(28-37)93-96-95-94-90/h7-20,28,35-36,43-44,46-47,49-50,53-57,75-80,82,90H,4-6,21-27,29-34H2,1-3H3,(H2,65,81)(H,66,87)(H,67,83)(H,68,84)(H,69,85)(H,70,86)/t35?,36?,43?,44?,46-,47?,49?,50?,53?,54?,55?,56?,57?/m0/s1. The van der Waals surface area contributed by atoms with Crippen LogP contribution in [0.4, 0.5) is 11.4 Å². The lowest BCUT2D eigenvalue weighted by Crippen LogP contribution is -2.64. The Morgan fingerprint density at radius 3 is 1.93 bits per heavy atom. The molecule has 31 nitrogen and oxygen atoms in total. The molecular weight excluding hydrogens is 1280 g/mol. The van der Waals surface area contributed by atoms with Gasteiger partial charge in [0.15, 0.2) is 11.5 Å². The second kappa shape index (κ2) is 34.5. The Morgan fingerprint density at radius 2 is 1.30 bits per heavy atom. The highest BCUT2D eigenvalue weighted by molar-refractivity contribution is 7.90. The van der Waals surface area contributed by atoms with Gasteiger partial charge in [-0.3, -0.25) is 38.4 Å². The minimum atomic E-state index is -2.21. The number of methoxy groups -OCH3 is 1. The Labute approximate surface area is 557 Å². The minimum Gasteiger partial charge on any atom is -0.504 e. The summed E-state index contributed by atoms with van der Waals surface area (Å²) in [4.78, 5) is 120. The number of nitrogens with zero attached hydrogens (tertiary/aromatic N) is 4. The first kappa shape index (κ1) is 73.4. The fourth-order valence-electron chi connectivity index (χ4n) is 12.0. The maximum absolute atomic E-state index is 14.7. The van der Waals surface area contributed by atoms with E-state index in [0.29, 0.717) is 32.8 Å². The summed E-state index contributed by atoms with van der Waals surface area (Å²) >= 11 is 0.0603. The smallest absolute Gasteiger partial charge is 0.261 e. The van der Waals surface area contributed by atoms with Crippen molar-refractivity contribution >= 4 is 71.0 Å². The maximum Gasteiger partial charge on any atom is 0.261 e. The molecule has 4 aliphatic heterocycles. The summed E-state index contributed by atoms with van der Waals surface area (Å²) in [6.07, 6.45) is -10.6. The number of benzene rings is 4. The van der Waals surface area contributed by atoms with Crippen LogP contribution >= 0.6 is 12.3 Å². The van der Waals surface area contributed by atoms with Gasteiger partial charge in [-0.15, -0.1) is 0 Å². The van der Waals surface area contributed by atoms with E-state index in [1.165, 1.54) is 25.1 Å². The lowest BCUT2D eigenvalue weighted by molar-refractivity contribution is -0.433. The first-order valence-corrected chi connectivity index (χ1v) is 32.1. The number of hydrogen-bond acceptors (Lipinski definition) is 24. The molecule has 4 fully saturated rings. The van der Waals surface area contributed by atoms with Crippen LogP contribution in [0.3, 0.4) is 0 Å². The Kier molecular flexibility index (Phi) is 26.4. The van der Waals surface area contributed by atoms with Crippen molar-refractivity contribution in [3.63, 3.8) is 0 Å². The number of aliphatic hydroxyl groups excluding tert-OH is 6. The third-order valence-electron chi connectivity index (χ3n) is 17.3. The number of β-amino-alcohol motifs (C(OH)–C–C–N with tert-alkyl or cyclic N) is 1. The molecule has 0 spiro atoms. The Balaban J connectivity index is 1.00. The topological polar surface area (TPSA) is 444 Å². The van der Waals surface area contributed by atoms with E-state index in [2.05, 4.69) is 70.0 Å². The number of phenolic OH excluding ortho intramolecular Hbond substituents is 1. The van der Waals surface area contributed by atoms with E-state index < -0.39 is 177 Å². The first-order valence-electron chi connectivity index (χ1n) is 31.5. The maximum atomic E-state index is 14.7. The molecular formula is C64H84N10O21S. The van der Waals surface area contributed by atoms with Gasteiger partial charge in [0.05, 0.1) is 49.7 Å². The van der Waals surface area contributed by atoms with Crippen LogP contribution in [0.1, 0.15) is 68.3 Å². The van der Waals surface area contributed by atoms with Gasteiger partial charge >= 0.3 is 0 Å². The molecule has 8 rings (SSSR count). The fourth-order valence-corrected chi connectivity index (χ4v) is 12.3. The van der Waals surface area contributed by atoms with Crippen molar-refractivity contribution in [2.24, 2.45) is 11.7 Å². The Bertz CT molecular complexity index is 3310. The summed E-state index contributed by atoms with van der Waals surface area (Å²) in [5.41, 5.74) is 9.56. The van der Waals surface area contributed by atoms with Crippen molar-refractivity contribution in [1.82, 2.24) is 36.4 Å². The number of aromatic hydroxyl groups is 1. The zero-order valence-corrected chi connectivity index (χ0v) is 54.0. The number of aliphatic hydroxyl groups is 6. The molecule has 96 heavy (non-hydrogen) atoms. The summed E-state index contributed by atoms with van der Waals surface area (Å²) in [7, 11) is 1.70. The molecule has 32 heteroatoms. The van der Waals surface area contributed by atoms with Crippen molar-refractivity contribution in [2.45, 2.75) is 132 Å². The average Bonchev–Trinajstić information content (AvgIpc) is 1.62. The van der Waals surface area contributed by atoms with Gasteiger partial charge in [0.25, 0.3) is 18.2 Å². The number of carbonyl (C=O) groups is 8. The second-order valence-corrected chi connectivity index (χ2v) is 24.7. The number of anilines is 2. The van der Waals surface area contributed by atoms with Crippen LogP contribution in [-0.2, 0) is 54.1 Å². The molecule has 4 aromatic carbocycles. The van der Waals surface area contributed by atoms with E-state index in [0.717, 1.165) is 83.0 Å². The van der Waals surface area contributed by atoms with Crippen LogP contribution in [0.5, 0.6) is 17.2 Å². The number of hydrogen-bond donors (Lipinski definition) is 14. The number of amides is 8. The highest BCUT2D eigenvalue weighted by Gasteiger charge is 2.50. The van der Waals surface area contributed by atoms with Crippen LogP contribution in [-0.4, -0.2) is 237 Å². The monoisotopic (exact) mass is 1360 g/mol. The van der Waals surface area contributed by atoms with Gasteiger partial charge in [0.1, 0.15) is 42.0 Å².